The van der Waals surface area contributed by atoms with Crippen LogP contribution in [0.25, 0.3) is 0 Å². The van der Waals surface area contributed by atoms with Gasteiger partial charge in [0.05, 0.1) is 0 Å². The van der Waals surface area contributed by atoms with E-state index in [0.29, 0.717) is 0 Å². The Labute approximate surface area is 99.2 Å². The Morgan fingerprint density at radius 1 is 1.47 bits per heavy atom. The molecule has 0 bridgehead atoms. The quantitative estimate of drug-likeness (QED) is 0.797. The van der Waals surface area contributed by atoms with Crippen molar-refractivity contribution in [1.29, 1.82) is 0 Å². The fourth-order valence-corrected chi connectivity index (χ4v) is 3.17. The van der Waals surface area contributed by atoms with Gasteiger partial charge in [-0.25, -0.2) is 0 Å². The fourth-order valence-electron chi connectivity index (χ4n) is 2.34. The maximum atomic E-state index is 3.62. The van der Waals surface area contributed by atoms with Crippen LogP contribution in [0.3, 0.4) is 0 Å². The molecule has 0 spiro atoms. The largest absolute Gasteiger partial charge is 0.310 e. The van der Waals surface area contributed by atoms with Crippen LogP contribution in [0.2, 0.25) is 0 Å². The van der Waals surface area contributed by atoms with Gasteiger partial charge in [0.25, 0.3) is 0 Å². The third-order valence-corrected chi connectivity index (χ3v) is 3.89. The van der Waals surface area contributed by atoms with E-state index in [1.54, 1.807) is 0 Å². The van der Waals surface area contributed by atoms with E-state index >= 15 is 0 Å². The molecule has 1 aliphatic rings. The van der Waals surface area contributed by atoms with Crippen molar-refractivity contribution in [3.05, 3.63) is 0 Å². The van der Waals surface area contributed by atoms with E-state index in [2.05, 4.69) is 37.2 Å². The fraction of sp³-hybridized carbons (Fsp3) is 1.00. The summed E-state index contributed by atoms with van der Waals surface area (Å²) in [4.78, 5) is 2.68. The first-order valence-corrected chi connectivity index (χ1v) is 7.46. The van der Waals surface area contributed by atoms with Gasteiger partial charge in [-0.05, 0) is 46.0 Å². The minimum Gasteiger partial charge on any atom is -0.310 e. The monoisotopic (exact) mass is 230 g/mol. The molecule has 1 aliphatic heterocycles. The van der Waals surface area contributed by atoms with Gasteiger partial charge in [0.2, 0.25) is 0 Å². The van der Waals surface area contributed by atoms with Crippen molar-refractivity contribution < 1.29 is 0 Å². The maximum Gasteiger partial charge on any atom is 0.0252 e. The summed E-state index contributed by atoms with van der Waals surface area (Å²) in [5.74, 6) is 1.27. The molecule has 1 N–H and O–H groups in total. The Hall–Kier alpha value is 0.270. The Bertz CT molecular complexity index is 182. The molecule has 0 amide bonds. The highest BCUT2D eigenvalue weighted by Crippen LogP contribution is 2.17. The molecule has 1 atom stereocenters. The Kier molecular flexibility index (Phi) is 5.44. The summed E-state index contributed by atoms with van der Waals surface area (Å²) in [6, 6.07) is 0.763. The van der Waals surface area contributed by atoms with Crippen LogP contribution in [-0.2, 0) is 0 Å². The van der Waals surface area contributed by atoms with Crippen molar-refractivity contribution >= 4 is 11.8 Å². The molecule has 1 fully saturated rings. The average Bonchev–Trinajstić information content (AvgIpc) is 2.35. The lowest BCUT2D eigenvalue weighted by molar-refractivity contribution is 0.178. The zero-order chi connectivity index (χ0) is 11.3. The van der Waals surface area contributed by atoms with Crippen molar-refractivity contribution in [3.8, 4) is 0 Å². The first-order valence-electron chi connectivity index (χ1n) is 6.07. The molecular weight excluding hydrogens is 204 g/mol. The van der Waals surface area contributed by atoms with E-state index in [-0.39, 0.29) is 5.54 Å². The number of rotatable bonds is 4. The van der Waals surface area contributed by atoms with Crippen molar-refractivity contribution in [3.63, 3.8) is 0 Å². The molecule has 1 saturated heterocycles. The minimum atomic E-state index is 0.280. The molecule has 2 nitrogen and oxygen atoms in total. The minimum absolute atomic E-state index is 0.280. The standard InChI is InChI=1S/C12H26N2S/c1-5-11(9-15-4)14-8-6-7-13-12(2,3)10-14/h11,13H,5-10H2,1-4H3. The SMILES string of the molecule is CCC(CSC)N1CCCNC(C)(C)C1. The van der Waals surface area contributed by atoms with Crippen LogP contribution < -0.4 is 5.32 Å². The summed E-state index contributed by atoms with van der Waals surface area (Å²) < 4.78 is 0. The van der Waals surface area contributed by atoms with Crippen LogP contribution in [0.1, 0.15) is 33.6 Å². The van der Waals surface area contributed by atoms with Crippen LogP contribution in [0.15, 0.2) is 0 Å². The van der Waals surface area contributed by atoms with Crippen molar-refractivity contribution in [2.75, 3.05) is 31.6 Å². The highest BCUT2D eigenvalue weighted by Gasteiger charge is 2.27. The van der Waals surface area contributed by atoms with Gasteiger partial charge in [-0.1, -0.05) is 6.92 Å². The maximum absolute atomic E-state index is 3.62. The third kappa shape index (κ3) is 4.33. The molecule has 3 heteroatoms. The second-order valence-corrected chi connectivity index (χ2v) is 6.06. The molecular formula is C12H26N2S. The number of hydrogen-bond donors (Lipinski definition) is 1. The van der Waals surface area contributed by atoms with Gasteiger partial charge < -0.3 is 5.32 Å². The second-order valence-electron chi connectivity index (χ2n) is 5.15. The van der Waals surface area contributed by atoms with Gasteiger partial charge in [-0.3, -0.25) is 4.90 Å². The molecule has 0 aromatic rings. The summed E-state index contributed by atoms with van der Waals surface area (Å²) in [6.07, 6.45) is 4.77. The predicted molar refractivity (Wildman–Crippen MR) is 70.7 cm³/mol. The van der Waals surface area contributed by atoms with Gasteiger partial charge in [0.1, 0.15) is 0 Å². The van der Waals surface area contributed by atoms with Gasteiger partial charge in [0.15, 0.2) is 0 Å². The summed E-state index contributed by atoms with van der Waals surface area (Å²) >= 11 is 1.97. The normalized spacial score (nSPS) is 24.8. The molecule has 0 aromatic heterocycles. The van der Waals surface area contributed by atoms with E-state index < -0.39 is 0 Å². The van der Waals surface area contributed by atoms with Crippen LogP contribution in [-0.4, -0.2) is 48.1 Å². The molecule has 0 aliphatic carbocycles. The van der Waals surface area contributed by atoms with E-state index in [1.165, 1.54) is 38.2 Å². The molecule has 0 saturated carbocycles. The Balaban J connectivity index is 2.57. The Morgan fingerprint density at radius 3 is 2.80 bits per heavy atom. The van der Waals surface area contributed by atoms with Gasteiger partial charge >= 0.3 is 0 Å². The van der Waals surface area contributed by atoms with E-state index in [1.807, 2.05) is 11.8 Å². The summed E-state index contributed by atoms with van der Waals surface area (Å²) in [5.41, 5.74) is 0.280. The summed E-state index contributed by atoms with van der Waals surface area (Å²) in [7, 11) is 0. The molecule has 0 aromatic carbocycles. The lowest BCUT2D eigenvalue weighted by atomic mass is 10.0. The Morgan fingerprint density at radius 2 is 2.20 bits per heavy atom. The lowest BCUT2D eigenvalue weighted by Gasteiger charge is -2.35. The molecule has 1 rings (SSSR count). The molecule has 1 unspecified atom stereocenters. The average molecular weight is 230 g/mol. The number of nitrogens with one attached hydrogen (secondary N) is 1. The lowest BCUT2D eigenvalue weighted by Crippen LogP contribution is -2.49. The topological polar surface area (TPSA) is 15.3 Å². The molecule has 15 heavy (non-hydrogen) atoms. The predicted octanol–water partition coefficient (Wildman–Crippen LogP) is 2.20. The molecule has 0 radical (unpaired) electrons. The zero-order valence-corrected chi connectivity index (χ0v) is 11.5. The molecule has 1 heterocycles. The van der Waals surface area contributed by atoms with Gasteiger partial charge in [-0.2, -0.15) is 11.8 Å². The van der Waals surface area contributed by atoms with E-state index in [4.69, 9.17) is 0 Å². The highest BCUT2D eigenvalue weighted by atomic mass is 32.2. The van der Waals surface area contributed by atoms with Crippen molar-refractivity contribution in [2.24, 2.45) is 0 Å². The van der Waals surface area contributed by atoms with Crippen LogP contribution in [0.4, 0.5) is 0 Å². The van der Waals surface area contributed by atoms with E-state index in [0.717, 1.165) is 6.04 Å². The van der Waals surface area contributed by atoms with Gasteiger partial charge in [-0.15, -0.1) is 0 Å². The summed E-state index contributed by atoms with van der Waals surface area (Å²) in [6.45, 7) is 10.6. The van der Waals surface area contributed by atoms with Crippen LogP contribution in [0, 0.1) is 0 Å². The summed E-state index contributed by atoms with van der Waals surface area (Å²) in [5, 5.41) is 3.62. The van der Waals surface area contributed by atoms with Gasteiger partial charge in [0, 0.05) is 23.9 Å². The zero-order valence-electron chi connectivity index (χ0n) is 10.7. The van der Waals surface area contributed by atoms with Crippen molar-refractivity contribution in [1.82, 2.24) is 10.2 Å². The smallest absolute Gasteiger partial charge is 0.0252 e. The number of hydrogen-bond acceptors (Lipinski definition) is 3. The van der Waals surface area contributed by atoms with E-state index in [9.17, 15) is 0 Å². The third-order valence-electron chi connectivity index (χ3n) is 3.17. The molecule has 90 valence electrons. The van der Waals surface area contributed by atoms with Crippen molar-refractivity contribution in [2.45, 2.75) is 45.2 Å². The van der Waals surface area contributed by atoms with Crippen LogP contribution in [0.5, 0.6) is 0 Å². The highest BCUT2D eigenvalue weighted by molar-refractivity contribution is 7.98. The number of thioether (sulfide) groups is 1. The number of nitrogens with zero attached hydrogens (tertiary/aromatic N) is 1. The van der Waals surface area contributed by atoms with Crippen LogP contribution >= 0.6 is 11.8 Å². The first kappa shape index (κ1) is 13.3. The second kappa shape index (κ2) is 6.12. The first-order chi connectivity index (χ1) is 7.09.